The number of rotatable bonds is 1. The zero-order chi connectivity index (χ0) is 9.14. The molecule has 0 saturated heterocycles. The minimum atomic E-state index is -0.130. The number of methoxy groups -OCH3 is 1. The van der Waals surface area contributed by atoms with Gasteiger partial charge in [0.25, 0.3) is 0 Å². The van der Waals surface area contributed by atoms with Gasteiger partial charge >= 0.3 is 0 Å². The smallest absolute Gasteiger partial charge is 0.177 e. The number of hydrogen-bond acceptors (Lipinski definition) is 3. The van der Waals surface area contributed by atoms with Crippen LogP contribution >= 0.6 is 15.9 Å². The van der Waals surface area contributed by atoms with Gasteiger partial charge in [-0.15, -0.1) is 0 Å². The van der Waals surface area contributed by atoms with Crippen molar-refractivity contribution in [2.24, 2.45) is 0 Å². The highest BCUT2D eigenvalue weighted by Gasteiger charge is 2.10. The highest BCUT2D eigenvalue weighted by molar-refractivity contribution is 9.10. The lowest BCUT2D eigenvalue weighted by Gasteiger charge is -2.05. The molecule has 12 heavy (non-hydrogen) atoms. The van der Waals surface area contributed by atoms with Gasteiger partial charge in [-0.3, -0.25) is 0 Å². The summed E-state index contributed by atoms with van der Waals surface area (Å²) in [6, 6.07) is 5.01. The number of nitriles is 1. The molecular weight excluding hydrogens is 222 g/mol. The fourth-order valence-corrected chi connectivity index (χ4v) is 1.31. The van der Waals surface area contributed by atoms with Crippen molar-refractivity contribution >= 4 is 15.9 Å². The van der Waals surface area contributed by atoms with E-state index in [4.69, 9.17) is 10.00 Å². The second-order valence-corrected chi connectivity index (χ2v) is 2.94. The number of benzene rings is 1. The van der Waals surface area contributed by atoms with Crippen LogP contribution in [0.25, 0.3) is 0 Å². The number of aromatic hydroxyl groups is 1. The maximum atomic E-state index is 9.39. The van der Waals surface area contributed by atoms with Crippen molar-refractivity contribution < 1.29 is 9.84 Å². The summed E-state index contributed by atoms with van der Waals surface area (Å²) in [6.07, 6.45) is 0. The second kappa shape index (κ2) is 3.46. The van der Waals surface area contributed by atoms with Gasteiger partial charge in [-0.25, -0.2) is 0 Å². The molecule has 0 atom stereocenters. The number of hydrogen-bond donors (Lipinski definition) is 1. The molecule has 4 heteroatoms. The highest BCUT2D eigenvalue weighted by Crippen LogP contribution is 2.36. The van der Waals surface area contributed by atoms with Crippen LogP contribution in [0.3, 0.4) is 0 Å². The van der Waals surface area contributed by atoms with Gasteiger partial charge in [0.1, 0.15) is 6.07 Å². The van der Waals surface area contributed by atoms with Gasteiger partial charge in [0.05, 0.1) is 17.1 Å². The fourth-order valence-electron chi connectivity index (χ4n) is 0.831. The van der Waals surface area contributed by atoms with E-state index in [0.717, 1.165) is 0 Å². The highest BCUT2D eigenvalue weighted by atomic mass is 79.9. The molecule has 0 bridgehead atoms. The number of nitrogens with zero attached hydrogens (tertiary/aromatic N) is 1. The molecule has 0 aliphatic heterocycles. The van der Waals surface area contributed by atoms with Crippen molar-refractivity contribution in [1.29, 1.82) is 5.26 Å². The summed E-state index contributed by atoms with van der Waals surface area (Å²) >= 11 is 3.18. The maximum absolute atomic E-state index is 9.39. The molecule has 0 spiro atoms. The van der Waals surface area contributed by atoms with Crippen LogP contribution in [-0.2, 0) is 0 Å². The van der Waals surface area contributed by atoms with Crippen LogP contribution in [0, 0.1) is 11.3 Å². The predicted molar refractivity (Wildman–Crippen MR) is 47.1 cm³/mol. The molecule has 0 saturated carbocycles. The van der Waals surface area contributed by atoms with E-state index >= 15 is 0 Å². The van der Waals surface area contributed by atoms with E-state index in [1.807, 2.05) is 6.07 Å². The third kappa shape index (κ3) is 1.36. The van der Waals surface area contributed by atoms with Crippen molar-refractivity contribution in [3.8, 4) is 17.6 Å². The third-order valence-electron chi connectivity index (χ3n) is 1.41. The van der Waals surface area contributed by atoms with Gasteiger partial charge in [0.15, 0.2) is 11.5 Å². The molecule has 1 N–H and O–H groups in total. The first kappa shape index (κ1) is 8.88. The molecule has 3 nitrogen and oxygen atoms in total. The van der Waals surface area contributed by atoms with E-state index in [0.29, 0.717) is 4.47 Å². The van der Waals surface area contributed by atoms with Crippen LogP contribution in [-0.4, -0.2) is 12.2 Å². The number of ether oxygens (including phenoxy) is 1. The molecule has 0 unspecified atom stereocenters. The molecule has 0 aromatic heterocycles. The van der Waals surface area contributed by atoms with Gasteiger partial charge in [0, 0.05) is 0 Å². The Kier molecular flexibility index (Phi) is 2.56. The Balaban J connectivity index is 3.36. The van der Waals surface area contributed by atoms with Crippen LogP contribution in [0.5, 0.6) is 11.5 Å². The summed E-state index contributed by atoms with van der Waals surface area (Å²) in [5.41, 5.74) is 0.204. The molecule has 1 aromatic carbocycles. The molecule has 0 heterocycles. The molecule has 0 aliphatic carbocycles. The molecule has 0 aliphatic rings. The Hall–Kier alpha value is -1.21. The van der Waals surface area contributed by atoms with Crippen LogP contribution < -0.4 is 4.74 Å². The Morgan fingerprint density at radius 3 is 2.75 bits per heavy atom. The molecule has 62 valence electrons. The summed E-state index contributed by atoms with van der Waals surface area (Å²) in [6.45, 7) is 0. The van der Waals surface area contributed by atoms with E-state index < -0.39 is 0 Å². The minimum absolute atomic E-state index is 0.130. The molecular formula is C8H6BrNO2. The standard InChI is InChI=1S/C8H6BrNO2/c1-12-8-6(9)3-2-5(4-10)7(8)11/h2-3,11H,1H3. The molecule has 1 rings (SSSR count). The van der Waals surface area contributed by atoms with Crippen LogP contribution in [0.15, 0.2) is 16.6 Å². The van der Waals surface area contributed by atoms with Crippen molar-refractivity contribution in [3.05, 3.63) is 22.2 Å². The van der Waals surface area contributed by atoms with Gasteiger partial charge in [-0.05, 0) is 28.1 Å². The topological polar surface area (TPSA) is 53.2 Å². The van der Waals surface area contributed by atoms with Crippen molar-refractivity contribution in [3.63, 3.8) is 0 Å². The lowest BCUT2D eigenvalue weighted by molar-refractivity contribution is 0.370. The van der Waals surface area contributed by atoms with Gasteiger partial charge in [-0.1, -0.05) is 0 Å². The maximum Gasteiger partial charge on any atom is 0.177 e. The first-order valence-electron chi connectivity index (χ1n) is 3.16. The van der Waals surface area contributed by atoms with Gasteiger partial charge in [0.2, 0.25) is 0 Å². The first-order valence-corrected chi connectivity index (χ1v) is 3.95. The van der Waals surface area contributed by atoms with E-state index in [-0.39, 0.29) is 17.1 Å². The summed E-state index contributed by atoms with van der Waals surface area (Å²) < 4.78 is 5.50. The van der Waals surface area contributed by atoms with Crippen LogP contribution in [0.4, 0.5) is 0 Å². The summed E-state index contributed by atoms with van der Waals surface area (Å²) in [5.74, 6) is 0.156. The number of halogens is 1. The minimum Gasteiger partial charge on any atom is -0.503 e. The predicted octanol–water partition coefficient (Wildman–Crippen LogP) is 2.03. The van der Waals surface area contributed by atoms with E-state index in [9.17, 15) is 5.11 Å². The van der Waals surface area contributed by atoms with Crippen molar-refractivity contribution in [2.75, 3.05) is 7.11 Å². The lowest BCUT2D eigenvalue weighted by Crippen LogP contribution is -1.87. The third-order valence-corrected chi connectivity index (χ3v) is 2.03. The summed E-state index contributed by atoms with van der Waals surface area (Å²) in [4.78, 5) is 0. The molecule has 0 amide bonds. The average Bonchev–Trinajstić information content (AvgIpc) is 2.06. The van der Waals surface area contributed by atoms with E-state index in [1.54, 1.807) is 6.07 Å². The Morgan fingerprint density at radius 1 is 1.58 bits per heavy atom. The SMILES string of the molecule is COc1c(Br)ccc(C#N)c1O. The Bertz CT molecular complexity index is 344. The molecule has 0 fully saturated rings. The number of phenolic OH excluding ortho intramolecular Hbond substituents is 1. The quantitative estimate of drug-likeness (QED) is 0.799. The fraction of sp³-hybridized carbons (Fsp3) is 0.125. The summed E-state index contributed by atoms with van der Waals surface area (Å²) in [7, 11) is 1.43. The largest absolute Gasteiger partial charge is 0.503 e. The van der Waals surface area contributed by atoms with E-state index in [2.05, 4.69) is 15.9 Å². The van der Waals surface area contributed by atoms with Crippen LogP contribution in [0.2, 0.25) is 0 Å². The Labute approximate surface area is 78.3 Å². The zero-order valence-corrected chi connectivity index (χ0v) is 7.92. The van der Waals surface area contributed by atoms with Gasteiger partial charge in [-0.2, -0.15) is 5.26 Å². The Morgan fingerprint density at radius 2 is 2.25 bits per heavy atom. The molecule has 0 radical (unpaired) electrons. The lowest BCUT2D eigenvalue weighted by atomic mass is 10.2. The van der Waals surface area contributed by atoms with Gasteiger partial charge < -0.3 is 9.84 Å². The van der Waals surface area contributed by atoms with E-state index in [1.165, 1.54) is 13.2 Å². The average molecular weight is 228 g/mol. The van der Waals surface area contributed by atoms with Crippen LogP contribution in [0.1, 0.15) is 5.56 Å². The second-order valence-electron chi connectivity index (χ2n) is 2.09. The normalized spacial score (nSPS) is 9.08. The zero-order valence-electron chi connectivity index (χ0n) is 6.34. The number of phenols is 1. The molecule has 1 aromatic rings. The van der Waals surface area contributed by atoms with Crippen molar-refractivity contribution in [1.82, 2.24) is 0 Å². The first-order chi connectivity index (χ1) is 5.70. The summed E-state index contributed by atoms with van der Waals surface area (Å²) in [5, 5.41) is 17.9. The van der Waals surface area contributed by atoms with Crippen molar-refractivity contribution in [2.45, 2.75) is 0 Å². The monoisotopic (exact) mass is 227 g/mol.